The molecule has 1 aromatic heterocycles. The van der Waals surface area contributed by atoms with Gasteiger partial charge < -0.3 is 24.0 Å². The Labute approximate surface area is 122 Å². The molecule has 0 fully saturated rings. The van der Waals surface area contributed by atoms with E-state index in [2.05, 4.69) is 0 Å². The van der Waals surface area contributed by atoms with Crippen LogP contribution in [-0.4, -0.2) is 5.78 Å². The van der Waals surface area contributed by atoms with Gasteiger partial charge in [-0.05, 0) is 18.2 Å². The molecule has 0 radical (unpaired) electrons. The van der Waals surface area contributed by atoms with Crippen molar-refractivity contribution < 1.29 is 33.3 Å². The molecule has 0 saturated carbocycles. The lowest BCUT2D eigenvalue weighted by Gasteiger charge is -1.92. The molecule has 0 spiro atoms. The molecule has 0 unspecified atom stereocenters. The highest BCUT2D eigenvalue weighted by atomic mass is 127. The summed E-state index contributed by atoms with van der Waals surface area (Å²) in [7, 11) is 1.86. The maximum Gasteiger partial charge on any atom is 0.191 e. The van der Waals surface area contributed by atoms with Crippen LogP contribution in [0.2, 0.25) is 0 Å². The Balaban J connectivity index is 0.00000225. The average molecular weight is 370 g/mol. The van der Waals surface area contributed by atoms with Crippen LogP contribution in [0.4, 0.5) is 0 Å². The molecular formula is C11H10Cl2INO. The number of hydrogen-bond donors (Lipinski definition) is 0. The molecule has 0 saturated heterocycles. The van der Waals surface area contributed by atoms with Gasteiger partial charge in [0, 0.05) is 6.07 Å². The van der Waals surface area contributed by atoms with Crippen LogP contribution in [0.1, 0.15) is 10.4 Å². The van der Waals surface area contributed by atoms with Gasteiger partial charge in [-0.3, -0.25) is 4.79 Å². The van der Waals surface area contributed by atoms with Crippen LogP contribution < -0.4 is 28.5 Å². The lowest BCUT2D eigenvalue weighted by Crippen LogP contribution is -3.00. The van der Waals surface area contributed by atoms with Gasteiger partial charge in [0.15, 0.2) is 18.2 Å². The number of carbonyl (C=O) groups excluding carboxylic acids is 1. The van der Waals surface area contributed by atoms with Crippen molar-refractivity contribution in [2.45, 2.75) is 0 Å². The maximum absolute atomic E-state index is 11.6. The zero-order valence-corrected chi connectivity index (χ0v) is 12.2. The van der Waals surface area contributed by atoms with Crippen LogP contribution in [0.15, 0.2) is 47.2 Å². The normalized spacial score (nSPS) is 9.69. The largest absolute Gasteiger partial charge is 1.00 e. The molecule has 5 heteroatoms. The van der Waals surface area contributed by atoms with Crippen LogP contribution in [0.3, 0.4) is 0 Å². The number of rotatable bonds is 3. The second-order valence-corrected chi connectivity index (χ2v) is 3.95. The molecule has 1 rings (SSSR count). The molecule has 0 atom stereocenters. The van der Waals surface area contributed by atoms with Gasteiger partial charge in [0.2, 0.25) is 0 Å². The molecule has 1 aromatic rings. The molecule has 0 N–H and O–H groups in total. The number of aromatic nitrogens is 1. The fourth-order valence-corrected chi connectivity index (χ4v) is 1.18. The SMILES string of the molecule is C[n+]1cccc(C(=O)/C=C/C=C(Cl)Cl)c1.[I-]. The predicted molar refractivity (Wildman–Crippen MR) is 60.9 cm³/mol. The number of allylic oxidation sites excluding steroid dienone is 3. The quantitative estimate of drug-likeness (QED) is 0.233. The third kappa shape index (κ3) is 5.63. The van der Waals surface area contributed by atoms with Gasteiger partial charge in [-0.2, -0.15) is 0 Å². The molecule has 2 nitrogen and oxygen atoms in total. The van der Waals surface area contributed by atoms with E-state index in [9.17, 15) is 4.79 Å². The average Bonchev–Trinajstić information content (AvgIpc) is 2.17. The van der Waals surface area contributed by atoms with Gasteiger partial charge in [0.05, 0.1) is 5.56 Å². The Hall–Kier alpha value is -0.390. The summed E-state index contributed by atoms with van der Waals surface area (Å²) in [6.07, 6.45) is 7.99. The van der Waals surface area contributed by atoms with E-state index in [1.54, 1.807) is 12.3 Å². The van der Waals surface area contributed by atoms with Crippen molar-refractivity contribution in [1.82, 2.24) is 0 Å². The third-order valence-corrected chi connectivity index (χ3v) is 1.95. The summed E-state index contributed by atoms with van der Waals surface area (Å²) in [5, 5.41) is 0. The van der Waals surface area contributed by atoms with E-state index in [0.717, 1.165) is 0 Å². The minimum atomic E-state index is -0.0861. The van der Waals surface area contributed by atoms with Crippen LogP contribution in [0.25, 0.3) is 0 Å². The Kier molecular flexibility index (Phi) is 7.62. The van der Waals surface area contributed by atoms with E-state index in [-0.39, 0.29) is 34.3 Å². The topological polar surface area (TPSA) is 20.9 Å². The number of nitrogens with zero attached hydrogens (tertiary/aromatic N) is 1. The van der Waals surface area contributed by atoms with E-state index in [4.69, 9.17) is 23.2 Å². The number of carbonyl (C=O) groups is 1. The molecule has 0 aliphatic carbocycles. The lowest BCUT2D eigenvalue weighted by atomic mass is 10.2. The minimum Gasteiger partial charge on any atom is -1.00 e. The van der Waals surface area contributed by atoms with Gasteiger partial charge in [-0.15, -0.1) is 0 Å². The Bertz CT molecular complexity index is 426. The summed E-state index contributed by atoms with van der Waals surface area (Å²) < 4.78 is 1.93. The van der Waals surface area contributed by atoms with Crippen molar-refractivity contribution in [2.75, 3.05) is 0 Å². The van der Waals surface area contributed by atoms with Crippen LogP contribution in [-0.2, 0) is 7.05 Å². The first-order chi connectivity index (χ1) is 7.09. The highest BCUT2D eigenvalue weighted by molar-refractivity contribution is 6.56. The first-order valence-corrected chi connectivity index (χ1v) is 5.04. The smallest absolute Gasteiger partial charge is 0.191 e. The number of aryl methyl sites for hydroxylation is 1. The zero-order valence-electron chi connectivity index (χ0n) is 8.53. The summed E-state index contributed by atoms with van der Waals surface area (Å²) in [5.41, 5.74) is 0.621. The predicted octanol–water partition coefficient (Wildman–Crippen LogP) is -0.427. The van der Waals surface area contributed by atoms with Gasteiger partial charge in [0.1, 0.15) is 11.5 Å². The molecule has 86 valence electrons. The lowest BCUT2D eigenvalue weighted by molar-refractivity contribution is -0.671. The molecule has 0 aliphatic heterocycles. The monoisotopic (exact) mass is 369 g/mol. The molecule has 0 aliphatic rings. The van der Waals surface area contributed by atoms with Crippen LogP contribution in [0.5, 0.6) is 0 Å². The van der Waals surface area contributed by atoms with E-state index in [1.165, 1.54) is 18.2 Å². The van der Waals surface area contributed by atoms with Gasteiger partial charge in [-0.25, -0.2) is 4.57 Å². The van der Waals surface area contributed by atoms with E-state index in [1.807, 2.05) is 23.9 Å². The van der Waals surface area contributed by atoms with Gasteiger partial charge in [0.25, 0.3) is 0 Å². The first-order valence-electron chi connectivity index (χ1n) is 4.28. The number of ketones is 1. The summed E-state index contributed by atoms with van der Waals surface area (Å²) in [5.74, 6) is -0.0861. The molecule has 0 amide bonds. The summed E-state index contributed by atoms with van der Waals surface area (Å²) >= 11 is 10.8. The first kappa shape index (κ1) is 15.6. The molecule has 16 heavy (non-hydrogen) atoms. The van der Waals surface area contributed by atoms with E-state index in [0.29, 0.717) is 5.56 Å². The Morgan fingerprint density at radius 3 is 2.69 bits per heavy atom. The van der Waals surface area contributed by atoms with Crippen LogP contribution >= 0.6 is 23.2 Å². The van der Waals surface area contributed by atoms with Gasteiger partial charge >= 0.3 is 0 Å². The second-order valence-electron chi connectivity index (χ2n) is 2.94. The fourth-order valence-electron chi connectivity index (χ4n) is 1.04. The Morgan fingerprint density at radius 1 is 1.44 bits per heavy atom. The van der Waals surface area contributed by atoms with E-state index >= 15 is 0 Å². The van der Waals surface area contributed by atoms with Crippen molar-refractivity contribution in [3.63, 3.8) is 0 Å². The maximum atomic E-state index is 11.6. The summed E-state index contributed by atoms with van der Waals surface area (Å²) in [6, 6.07) is 3.56. The Morgan fingerprint density at radius 2 is 2.12 bits per heavy atom. The fraction of sp³-hybridized carbons (Fsp3) is 0.0909. The minimum absolute atomic E-state index is 0. The van der Waals surface area contributed by atoms with Crippen molar-refractivity contribution in [3.8, 4) is 0 Å². The summed E-state index contributed by atoms with van der Waals surface area (Å²) in [6.45, 7) is 0. The number of pyridine rings is 1. The summed E-state index contributed by atoms with van der Waals surface area (Å²) in [4.78, 5) is 11.6. The second kappa shape index (κ2) is 7.81. The van der Waals surface area contributed by atoms with E-state index < -0.39 is 0 Å². The van der Waals surface area contributed by atoms with Crippen molar-refractivity contribution >= 4 is 29.0 Å². The van der Waals surface area contributed by atoms with Crippen molar-refractivity contribution in [2.24, 2.45) is 7.05 Å². The molecule has 0 bridgehead atoms. The highest BCUT2D eigenvalue weighted by Gasteiger charge is 2.04. The van der Waals surface area contributed by atoms with Crippen LogP contribution in [0, 0.1) is 0 Å². The van der Waals surface area contributed by atoms with Crippen molar-refractivity contribution in [1.29, 1.82) is 0 Å². The number of hydrogen-bond acceptors (Lipinski definition) is 1. The molecular weight excluding hydrogens is 360 g/mol. The zero-order chi connectivity index (χ0) is 11.3. The standard InChI is InChI=1S/C11H10Cl2NO.HI/c1-14-7-3-4-9(8-14)10(15)5-2-6-11(12)13;/h2-8H,1H3;1H/q+1;/p-1/b5-2+;. The molecule has 1 heterocycles. The molecule has 0 aromatic carbocycles. The van der Waals surface area contributed by atoms with Crippen molar-refractivity contribution in [3.05, 3.63) is 52.8 Å². The highest BCUT2D eigenvalue weighted by Crippen LogP contribution is 2.06. The third-order valence-electron chi connectivity index (χ3n) is 1.69. The van der Waals surface area contributed by atoms with Gasteiger partial charge in [-0.1, -0.05) is 29.3 Å². The number of halogens is 3.